The lowest BCUT2D eigenvalue weighted by molar-refractivity contribution is -0.122. The van der Waals surface area contributed by atoms with Gasteiger partial charge in [0.15, 0.2) is 0 Å². The van der Waals surface area contributed by atoms with E-state index in [2.05, 4.69) is 10.6 Å². The fourth-order valence-electron chi connectivity index (χ4n) is 2.77. The van der Waals surface area contributed by atoms with Gasteiger partial charge in [0.25, 0.3) is 5.91 Å². The van der Waals surface area contributed by atoms with E-state index >= 15 is 0 Å². The second-order valence-electron chi connectivity index (χ2n) is 5.67. The summed E-state index contributed by atoms with van der Waals surface area (Å²) in [7, 11) is 0. The molecule has 3 heterocycles. The van der Waals surface area contributed by atoms with E-state index in [4.69, 9.17) is 0 Å². The third kappa shape index (κ3) is 3.37. The lowest BCUT2D eigenvalue weighted by Crippen LogP contribution is -2.45. The lowest BCUT2D eigenvalue weighted by atomic mass is 10.1. The number of amides is 2. The van der Waals surface area contributed by atoms with Crippen LogP contribution in [0.1, 0.15) is 34.6 Å². The second-order valence-corrected chi connectivity index (χ2v) is 7.86. The third-order valence-electron chi connectivity index (χ3n) is 3.96. The summed E-state index contributed by atoms with van der Waals surface area (Å²) in [6.45, 7) is 4.13. The maximum atomic E-state index is 12.9. The fraction of sp³-hybridized carbons (Fsp3) is 0.412. The number of thioether (sulfide) groups is 1. The predicted molar refractivity (Wildman–Crippen MR) is 99.1 cm³/mol. The van der Waals surface area contributed by atoms with Gasteiger partial charge in [-0.2, -0.15) is 11.8 Å². The van der Waals surface area contributed by atoms with Crippen LogP contribution in [0.2, 0.25) is 0 Å². The normalized spacial score (nSPS) is 14.8. The van der Waals surface area contributed by atoms with Crippen molar-refractivity contribution in [3.63, 3.8) is 0 Å². The number of carbonyl (C=O) groups is 2. The number of rotatable bonds is 5. The Labute approximate surface area is 149 Å². The molecule has 2 aromatic heterocycles. The summed E-state index contributed by atoms with van der Waals surface area (Å²) in [5, 5.41) is 6.53. The van der Waals surface area contributed by atoms with Gasteiger partial charge < -0.3 is 15.2 Å². The van der Waals surface area contributed by atoms with Gasteiger partial charge in [-0.1, -0.05) is 0 Å². The van der Waals surface area contributed by atoms with E-state index in [1.165, 1.54) is 4.88 Å². The van der Waals surface area contributed by atoms with E-state index in [1.807, 2.05) is 47.8 Å². The van der Waals surface area contributed by atoms with Crippen LogP contribution in [0.4, 0.5) is 0 Å². The Morgan fingerprint density at radius 2 is 2.08 bits per heavy atom. The molecule has 0 unspecified atom stereocenters. The van der Waals surface area contributed by atoms with E-state index in [1.54, 1.807) is 18.3 Å². The Balaban J connectivity index is 1.92. The maximum Gasteiger partial charge on any atom is 0.255 e. The summed E-state index contributed by atoms with van der Waals surface area (Å²) in [6, 6.07) is 3.35. The summed E-state index contributed by atoms with van der Waals surface area (Å²) in [5.74, 6) is 1.66. The smallest absolute Gasteiger partial charge is 0.255 e. The minimum Gasteiger partial charge on any atom is -0.355 e. The molecule has 2 amide bonds. The van der Waals surface area contributed by atoms with E-state index in [0.717, 1.165) is 34.1 Å². The van der Waals surface area contributed by atoms with E-state index in [0.29, 0.717) is 6.54 Å². The zero-order valence-corrected chi connectivity index (χ0v) is 15.4. The minimum absolute atomic E-state index is 0.159. The monoisotopic (exact) mass is 363 g/mol. The number of likely N-dealkylation sites (N-methyl/N-ethyl adjacent to an activating group) is 1. The predicted octanol–water partition coefficient (Wildman–Crippen LogP) is 2.58. The van der Waals surface area contributed by atoms with E-state index in [-0.39, 0.29) is 11.8 Å². The van der Waals surface area contributed by atoms with Gasteiger partial charge in [-0.05, 0) is 43.7 Å². The van der Waals surface area contributed by atoms with Crippen molar-refractivity contribution in [3.8, 4) is 5.00 Å². The molecule has 0 saturated carbocycles. The molecule has 128 valence electrons. The number of hydrogen-bond donors (Lipinski definition) is 2. The zero-order chi connectivity index (χ0) is 17.1. The Morgan fingerprint density at radius 3 is 2.79 bits per heavy atom. The first kappa shape index (κ1) is 17.1. The molecule has 1 aliphatic heterocycles. The van der Waals surface area contributed by atoms with Crippen LogP contribution in [0.15, 0.2) is 24.5 Å². The van der Waals surface area contributed by atoms with Crippen molar-refractivity contribution in [1.82, 2.24) is 15.2 Å². The number of fused-ring (bicyclic) bond motifs is 1. The molecule has 0 aromatic carbocycles. The summed E-state index contributed by atoms with van der Waals surface area (Å²) < 4.78 is 1.99. The molecule has 0 aliphatic carbocycles. The molecule has 0 radical (unpaired) electrons. The second kappa shape index (κ2) is 7.44. The van der Waals surface area contributed by atoms with E-state index in [9.17, 15) is 9.59 Å². The molecule has 0 fully saturated rings. The molecular weight excluding hydrogens is 342 g/mol. The standard InChI is InChI=1S/C17H21N3O2S2/c1-3-18-15(21)11(2)19-16(22)14-12-6-9-23-10-13(12)24-17(14)20-7-4-5-8-20/h4-5,7-8,11H,3,6,9-10H2,1-2H3,(H,18,21)(H,19,22)/t11-/m1/s1. The van der Waals surface area contributed by atoms with Gasteiger partial charge in [-0.25, -0.2) is 0 Å². The molecule has 3 rings (SSSR count). The summed E-state index contributed by atoms with van der Waals surface area (Å²) in [5.41, 5.74) is 1.87. The topological polar surface area (TPSA) is 63.1 Å². The van der Waals surface area contributed by atoms with Gasteiger partial charge in [0.05, 0.1) is 5.56 Å². The Hall–Kier alpha value is -1.73. The summed E-state index contributed by atoms with van der Waals surface area (Å²) in [4.78, 5) is 26.1. The van der Waals surface area contributed by atoms with Crippen LogP contribution in [0.5, 0.6) is 0 Å². The summed E-state index contributed by atoms with van der Waals surface area (Å²) in [6.07, 6.45) is 4.80. The average Bonchev–Trinajstić information content (AvgIpc) is 3.22. The van der Waals surface area contributed by atoms with Gasteiger partial charge in [-0.3, -0.25) is 9.59 Å². The molecular formula is C17H21N3O2S2. The van der Waals surface area contributed by atoms with Crippen molar-refractivity contribution in [3.05, 3.63) is 40.5 Å². The first-order valence-electron chi connectivity index (χ1n) is 8.06. The molecule has 7 heteroatoms. The van der Waals surface area contributed by atoms with Crippen LogP contribution in [0, 0.1) is 0 Å². The van der Waals surface area contributed by atoms with Gasteiger partial charge in [-0.15, -0.1) is 11.3 Å². The van der Waals surface area contributed by atoms with Gasteiger partial charge in [0, 0.05) is 29.6 Å². The molecule has 0 bridgehead atoms. The fourth-order valence-corrected chi connectivity index (χ4v) is 5.21. The molecule has 5 nitrogen and oxygen atoms in total. The number of nitrogens with zero attached hydrogens (tertiary/aromatic N) is 1. The summed E-state index contributed by atoms with van der Waals surface area (Å²) >= 11 is 3.57. The molecule has 1 atom stereocenters. The highest BCUT2D eigenvalue weighted by Gasteiger charge is 2.27. The molecule has 1 aliphatic rings. The Morgan fingerprint density at radius 1 is 1.33 bits per heavy atom. The highest BCUT2D eigenvalue weighted by atomic mass is 32.2. The number of aromatic nitrogens is 1. The first-order valence-corrected chi connectivity index (χ1v) is 10.0. The highest BCUT2D eigenvalue weighted by Crippen LogP contribution is 2.38. The molecule has 0 saturated heterocycles. The highest BCUT2D eigenvalue weighted by molar-refractivity contribution is 7.98. The third-order valence-corrected chi connectivity index (χ3v) is 6.37. The van der Waals surface area contributed by atoms with Crippen LogP contribution in [-0.2, 0) is 17.0 Å². The molecule has 0 spiro atoms. The largest absolute Gasteiger partial charge is 0.355 e. The van der Waals surface area contributed by atoms with Gasteiger partial charge in [0.1, 0.15) is 11.0 Å². The number of nitrogens with one attached hydrogen (secondary N) is 2. The maximum absolute atomic E-state index is 12.9. The van der Waals surface area contributed by atoms with Crippen LogP contribution in [-0.4, -0.2) is 34.7 Å². The van der Waals surface area contributed by atoms with Crippen LogP contribution in [0.25, 0.3) is 5.00 Å². The zero-order valence-electron chi connectivity index (χ0n) is 13.8. The van der Waals surface area contributed by atoms with Gasteiger partial charge >= 0.3 is 0 Å². The number of hydrogen-bond acceptors (Lipinski definition) is 4. The SMILES string of the molecule is CCNC(=O)[C@@H](C)NC(=O)c1c(-n2cccc2)sc2c1CCSC2. The van der Waals surface area contributed by atoms with Gasteiger partial charge in [0.2, 0.25) is 5.91 Å². The average molecular weight is 364 g/mol. The minimum atomic E-state index is -0.552. The quantitative estimate of drug-likeness (QED) is 0.858. The van der Waals surface area contributed by atoms with Crippen LogP contribution >= 0.6 is 23.1 Å². The van der Waals surface area contributed by atoms with Crippen molar-refractivity contribution < 1.29 is 9.59 Å². The number of carbonyl (C=O) groups excluding carboxylic acids is 2. The van der Waals surface area contributed by atoms with E-state index < -0.39 is 6.04 Å². The lowest BCUT2D eigenvalue weighted by Gasteiger charge is -2.16. The molecule has 2 N–H and O–H groups in total. The first-order chi connectivity index (χ1) is 11.6. The molecule has 2 aromatic rings. The Bertz CT molecular complexity index is 737. The molecule has 24 heavy (non-hydrogen) atoms. The van der Waals surface area contributed by atoms with Crippen molar-refractivity contribution >= 4 is 34.9 Å². The van der Waals surface area contributed by atoms with Crippen molar-refractivity contribution in [2.24, 2.45) is 0 Å². The number of thiophene rings is 1. The van der Waals surface area contributed by atoms with Crippen molar-refractivity contribution in [2.75, 3.05) is 12.3 Å². The van der Waals surface area contributed by atoms with Crippen molar-refractivity contribution in [2.45, 2.75) is 32.1 Å². The van der Waals surface area contributed by atoms with Crippen molar-refractivity contribution in [1.29, 1.82) is 0 Å². The van der Waals surface area contributed by atoms with Crippen LogP contribution < -0.4 is 10.6 Å². The Kier molecular flexibility index (Phi) is 5.30. The van der Waals surface area contributed by atoms with Crippen LogP contribution in [0.3, 0.4) is 0 Å².